The van der Waals surface area contributed by atoms with Gasteiger partial charge in [-0.2, -0.15) is 0 Å². The van der Waals surface area contributed by atoms with E-state index in [0.29, 0.717) is 19.6 Å². The topological polar surface area (TPSA) is 87.5 Å². The van der Waals surface area contributed by atoms with Crippen LogP contribution < -0.4 is 5.32 Å². The van der Waals surface area contributed by atoms with Crippen molar-refractivity contribution in [3.8, 4) is 0 Å². The second-order valence-electron chi connectivity index (χ2n) is 5.11. The Kier molecular flexibility index (Phi) is 4.97. The number of likely N-dealkylation sites (tertiary alicyclic amines) is 1. The van der Waals surface area contributed by atoms with Crippen molar-refractivity contribution in [2.24, 2.45) is 5.92 Å². The van der Waals surface area contributed by atoms with Crippen molar-refractivity contribution in [2.75, 3.05) is 19.6 Å². The van der Waals surface area contributed by atoms with Crippen LogP contribution in [0.15, 0.2) is 18.7 Å². The third-order valence-electron chi connectivity index (χ3n) is 3.39. The Balaban J connectivity index is 1.50. The summed E-state index contributed by atoms with van der Waals surface area (Å²) in [4.78, 5) is 27.8. The van der Waals surface area contributed by atoms with Crippen molar-refractivity contribution in [3.05, 3.63) is 18.7 Å². The van der Waals surface area contributed by atoms with E-state index in [1.54, 1.807) is 17.4 Å². The zero-order chi connectivity index (χ0) is 14.4. The van der Waals surface area contributed by atoms with Gasteiger partial charge in [0, 0.05) is 44.5 Å². The summed E-state index contributed by atoms with van der Waals surface area (Å²) < 4.78 is 2.01. The van der Waals surface area contributed by atoms with E-state index in [2.05, 4.69) is 10.3 Å². The predicted molar refractivity (Wildman–Crippen MR) is 72.2 cm³/mol. The van der Waals surface area contributed by atoms with Gasteiger partial charge in [-0.1, -0.05) is 0 Å². The molecular formula is C13H20N4O3. The van der Waals surface area contributed by atoms with Crippen LogP contribution in [0, 0.1) is 5.92 Å². The Labute approximate surface area is 117 Å². The molecule has 7 heteroatoms. The maximum absolute atomic E-state index is 11.7. The van der Waals surface area contributed by atoms with Crippen LogP contribution in [0.1, 0.15) is 19.3 Å². The highest BCUT2D eigenvalue weighted by Gasteiger charge is 2.31. The van der Waals surface area contributed by atoms with Crippen LogP contribution in [0.25, 0.3) is 0 Å². The molecule has 1 aromatic heterocycles. The van der Waals surface area contributed by atoms with Gasteiger partial charge in [0.1, 0.15) is 0 Å². The number of amides is 2. The number of unbranched alkanes of at least 4 members (excludes halogenated alkanes) is 1. The number of carbonyl (C=O) groups is 2. The second-order valence-corrected chi connectivity index (χ2v) is 5.11. The molecule has 0 bridgehead atoms. The number of aryl methyl sites for hydroxylation is 1. The summed E-state index contributed by atoms with van der Waals surface area (Å²) in [6, 6.07) is -0.0886. The van der Waals surface area contributed by atoms with Crippen molar-refractivity contribution >= 4 is 12.0 Å². The van der Waals surface area contributed by atoms with E-state index in [1.165, 1.54) is 0 Å². The van der Waals surface area contributed by atoms with E-state index in [1.807, 2.05) is 10.8 Å². The zero-order valence-electron chi connectivity index (χ0n) is 11.4. The largest absolute Gasteiger partial charge is 0.481 e. The number of hydrogen-bond donors (Lipinski definition) is 2. The Morgan fingerprint density at radius 1 is 1.35 bits per heavy atom. The average Bonchev–Trinajstić information content (AvgIpc) is 2.85. The Bertz CT molecular complexity index is 440. The van der Waals surface area contributed by atoms with Crippen LogP contribution in [-0.4, -0.2) is 51.2 Å². The van der Waals surface area contributed by atoms with Crippen LogP contribution in [0.4, 0.5) is 4.79 Å². The molecule has 0 unspecified atom stereocenters. The van der Waals surface area contributed by atoms with Crippen LogP contribution in [0.5, 0.6) is 0 Å². The molecule has 20 heavy (non-hydrogen) atoms. The number of hydrogen-bond acceptors (Lipinski definition) is 3. The van der Waals surface area contributed by atoms with Crippen molar-refractivity contribution < 1.29 is 14.7 Å². The molecule has 7 nitrogen and oxygen atoms in total. The molecule has 1 aliphatic heterocycles. The van der Waals surface area contributed by atoms with Gasteiger partial charge in [-0.15, -0.1) is 0 Å². The van der Waals surface area contributed by atoms with Gasteiger partial charge < -0.3 is 19.9 Å². The first-order valence-corrected chi connectivity index (χ1v) is 6.85. The number of aromatic nitrogens is 2. The Morgan fingerprint density at radius 2 is 2.15 bits per heavy atom. The smallest absolute Gasteiger partial charge is 0.317 e. The SMILES string of the molecule is O=C(O)CC1CN(C(=O)NCCCCn2ccnc2)C1. The Morgan fingerprint density at radius 3 is 2.80 bits per heavy atom. The van der Waals surface area contributed by atoms with Crippen molar-refractivity contribution in [3.63, 3.8) is 0 Å². The molecule has 0 radical (unpaired) electrons. The average molecular weight is 280 g/mol. The van der Waals surface area contributed by atoms with E-state index in [9.17, 15) is 9.59 Å². The summed E-state index contributed by atoms with van der Waals surface area (Å²) in [5.41, 5.74) is 0. The fourth-order valence-corrected chi connectivity index (χ4v) is 2.26. The minimum Gasteiger partial charge on any atom is -0.481 e. The van der Waals surface area contributed by atoms with Gasteiger partial charge in [-0.25, -0.2) is 9.78 Å². The van der Waals surface area contributed by atoms with Crippen molar-refractivity contribution in [1.29, 1.82) is 0 Å². The number of imidazole rings is 1. The van der Waals surface area contributed by atoms with Crippen LogP contribution in [0.2, 0.25) is 0 Å². The first-order chi connectivity index (χ1) is 9.65. The van der Waals surface area contributed by atoms with E-state index in [0.717, 1.165) is 19.4 Å². The van der Waals surface area contributed by atoms with Gasteiger partial charge in [0.15, 0.2) is 0 Å². The van der Waals surface area contributed by atoms with Gasteiger partial charge in [-0.05, 0) is 12.8 Å². The molecule has 0 saturated carbocycles. The molecule has 2 heterocycles. The van der Waals surface area contributed by atoms with Crippen LogP contribution in [-0.2, 0) is 11.3 Å². The van der Waals surface area contributed by atoms with E-state index < -0.39 is 5.97 Å². The number of carbonyl (C=O) groups excluding carboxylic acids is 1. The molecule has 2 amide bonds. The van der Waals surface area contributed by atoms with Crippen LogP contribution >= 0.6 is 0 Å². The fourth-order valence-electron chi connectivity index (χ4n) is 2.26. The number of urea groups is 1. The van der Waals surface area contributed by atoms with Gasteiger partial charge in [-0.3, -0.25) is 4.79 Å². The van der Waals surface area contributed by atoms with Gasteiger partial charge in [0.05, 0.1) is 12.7 Å². The highest BCUT2D eigenvalue weighted by molar-refractivity contribution is 5.75. The number of rotatable bonds is 7. The number of carboxylic acids is 1. The Hall–Kier alpha value is -2.05. The minimum atomic E-state index is -0.797. The summed E-state index contributed by atoms with van der Waals surface area (Å²) in [5, 5.41) is 11.5. The summed E-state index contributed by atoms with van der Waals surface area (Å²) >= 11 is 0. The molecule has 2 rings (SSSR count). The maximum Gasteiger partial charge on any atom is 0.317 e. The minimum absolute atomic E-state index is 0.0886. The van der Waals surface area contributed by atoms with Gasteiger partial charge in [0.25, 0.3) is 0 Å². The third-order valence-corrected chi connectivity index (χ3v) is 3.39. The molecule has 110 valence electrons. The van der Waals surface area contributed by atoms with Crippen molar-refractivity contribution in [1.82, 2.24) is 19.8 Å². The molecular weight excluding hydrogens is 260 g/mol. The first-order valence-electron chi connectivity index (χ1n) is 6.85. The van der Waals surface area contributed by atoms with Gasteiger partial charge >= 0.3 is 12.0 Å². The van der Waals surface area contributed by atoms with Crippen molar-refractivity contribution in [2.45, 2.75) is 25.8 Å². The molecule has 1 aliphatic rings. The first kappa shape index (κ1) is 14.4. The lowest BCUT2D eigenvalue weighted by atomic mass is 9.97. The number of nitrogens with one attached hydrogen (secondary N) is 1. The monoisotopic (exact) mass is 280 g/mol. The third kappa shape index (κ3) is 4.25. The molecule has 2 N–H and O–H groups in total. The summed E-state index contributed by atoms with van der Waals surface area (Å²) in [6.07, 6.45) is 7.49. The van der Waals surface area contributed by atoms with E-state index in [-0.39, 0.29) is 18.4 Å². The van der Waals surface area contributed by atoms with Gasteiger partial charge in [0.2, 0.25) is 0 Å². The molecule has 0 spiro atoms. The zero-order valence-corrected chi connectivity index (χ0v) is 11.4. The second kappa shape index (κ2) is 6.93. The predicted octanol–water partition coefficient (Wildman–Crippen LogP) is 0.779. The lowest BCUT2D eigenvalue weighted by Gasteiger charge is -2.38. The lowest BCUT2D eigenvalue weighted by molar-refractivity contribution is -0.139. The molecule has 0 atom stereocenters. The van der Waals surface area contributed by atoms with E-state index in [4.69, 9.17) is 5.11 Å². The van der Waals surface area contributed by atoms with E-state index >= 15 is 0 Å². The summed E-state index contributed by atoms with van der Waals surface area (Å²) in [6.45, 7) is 2.65. The lowest BCUT2D eigenvalue weighted by Crippen LogP contribution is -2.54. The molecule has 0 aliphatic carbocycles. The van der Waals surface area contributed by atoms with Crippen LogP contribution in [0.3, 0.4) is 0 Å². The maximum atomic E-state index is 11.7. The molecule has 1 fully saturated rings. The highest BCUT2D eigenvalue weighted by Crippen LogP contribution is 2.18. The molecule has 0 aromatic carbocycles. The molecule has 1 aromatic rings. The fraction of sp³-hybridized carbons (Fsp3) is 0.615. The standard InChI is InChI=1S/C13H20N4O3/c18-12(19)7-11-8-17(9-11)13(20)15-3-1-2-5-16-6-4-14-10-16/h4,6,10-11H,1-3,5,7-9H2,(H,15,20)(H,18,19). The molecule has 1 saturated heterocycles. The normalized spacial score (nSPS) is 14.9. The summed E-state index contributed by atoms with van der Waals surface area (Å²) in [7, 11) is 0. The number of aliphatic carboxylic acids is 1. The quantitative estimate of drug-likeness (QED) is 0.722. The number of carboxylic acid groups (broad SMARTS) is 1. The number of nitrogens with zero attached hydrogens (tertiary/aromatic N) is 3. The summed E-state index contributed by atoms with van der Waals surface area (Å²) in [5.74, 6) is -0.686. The highest BCUT2D eigenvalue weighted by atomic mass is 16.4.